The molecular formula is C17H28N2OS. The number of carbonyl (C=O) groups excluding carboxylic acids is 1. The Hall–Kier alpha value is -0.640. The van der Waals surface area contributed by atoms with Crippen molar-refractivity contribution in [3.63, 3.8) is 0 Å². The molecule has 0 saturated heterocycles. The number of fused-ring (bicyclic) bond motifs is 1. The lowest BCUT2D eigenvalue weighted by molar-refractivity contribution is -0.124. The molecule has 2 unspecified atom stereocenters. The third-order valence-corrected chi connectivity index (χ3v) is 6.39. The molecule has 3 aliphatic rings. The van der Waals surface area contributed by atoms with Crippen LogP contribution in [-0.4, -0.2) is 16.4 Å². The minimum atomic E-state index is -0.404. The van der Waals surface area contributed by atoms with Gasteiger partial charge in [-0.3, -0.25) is 4.79 Å². The van der Waals surface area contributed by atoms with Crippen molar-refractivity contribution in [2.45, 2.75) is 76.2 Å². The van der Waals surface area contributed by atoms with Gasteiger partial charge in [0.15, 0.2) is 0 Å². The van der Waals surface area contributed by atoms with E-state index in [1.54, 1.807) is 0 Å². The maximum Gasteiger partial charge on any atom is 0.224 e. The van der Waals surface area contributed by atoms with Gasteiger partial charge in [-0.15, -0.1) is 0 Å². The summed E-state index contributed by atoms with van der Waals surface area (Å²) in [6, 6.07) is 0. The van der Waals surface area contributed by atoms with Crippen molar-refractivity contribution in [2.24, 2.45) is 23.5 Å². The Labute approximate surface area is 133 Å². The first-order chi connectivity index (χ1) is 10.1. The zero-order valence-corrected chi connectivity index (χ0v) is 13.7. The molecule has 0 aromatic heterocycles. The maximum atomic E-state index is 12.7. The summed E-state index contributed by atoms with van der Waals surface area (Å²) in [4.78, 5) is 13.2. The topological polar surface area (TPSA) is 55.1 Å². The number of hydrogen-bond acceptors (Lipinski definition) is 2. The molecule has 118 valence electrons. The first-order valence-electron chi connectivity index (χ1n) is 8.76. The van der Waals surface area contributed by atoms with Gasteiger partial charge in [-0.05, 0) is 37.5 Å². The molecule has 3 aliphatic carbocycles. The Morgan fingerprint density at radius 2 is 1.48 bits per heavy atom. The first kappa shape index (κ1) is 15.3. The first-order valence-corrected chi connectivity index (χ1v) is 9.17. The fraction of sp³-hybridized carbons (Fsp3) is 0.882. The Morgan fingerprint density at radius 1 is 0.952 bits per heavy atom. The highest BCUT2D eigenvalue weighted by molar-refractivity contribution is 7.80. The van der Waals surface area contributed by atoms with E-state index in [9.17, 15) is 4.79 Å². The van der Waals surface area contributed by atoms with Crippen LogP contribution in [0.25, 0.3) is 0 Å². The van der Waals surface area contributed by atoms with Crippen LogP contribution in [0.15, 0.2) is 0 Å². The van der Waals surface area contributed by atoms with E-state index in [4.69, 9.17) is 18.0 Å². The van der Waals surface area contributed by atoms with Crippen LogP contribution >= 0.6 is 12.2 Å². The summed E-state index contributed by atoms with van der Waals surface area (Å²) in [6.45, 7) is 0. The van der Waals surface area contributed by atoms with Crippen LogP contribution in [0.1, 0.15) is 70.6 Å². The van der Waals surface area contributed by atoms with E-state index in [-0.39, 0.29) is 11.8 Å². The van der Waals surface area contributed by atoms with E-state index in [1.165, 1.54) is 44.9 Å². The monoisotopic (exact) mass is 308 g/mol. The van der Waals surface area contributed by atoms with Gasteiger partial charge in [0, 0.05) is 5.92 Å². The highest BCUT2D eigenvalue weighted by Crippen LogP contribution is 2.55. The summed E-state index contributed by atoms with van der Waals surface area (Å²) in [5.74, 6) is 1.79. The van der Waals surface area contributed by atoms with E-state index in [0.29, 0.717) is 16.8 Å². The summed E-state index contributed by atoms with van der Waals surface area (Å²) in [5.41, 5.74) is 5.65. The summed E-state index contributed by atoms with van der Waals surface area (Å²) < 4.78 is 0. The van der Waals surface area contributed by atoms with Crippen LogP contribution in [-0.2, 0) is 4.79 Å². The Bertz CT molecular complexity index is 403. The second-order valence-electron chi connectivity index (χ2n) is 7.34. The van der Waals surface area contributed by atoms with Crippen molar-refractivity contribution in [1.29, 1.82) is 0 Å². The largest absolute Gasteiger partial charge is 0.391 e. The van der Waals surface area contributed by atoms with Crippen molar-refractivity contribution in [1.82, 2.24) is 5.32 Å². The van der Waals surface area contributed by atoms with E-state index in [0.717, 1.165) is 25.7 Å². The molecule has 0 aromatic rings. The Morgan fingerprint density at radius 3 is 2.00 bits per heavy atom. The normalized spacial score (nSPS) is 35.0. The standard InChI is InChI=1S/C17H28N2OS/c18-16(21)17(10-6-2-1-3-7-11-17)19-15(20)14-12-8-4-5-9-13(12)14/h12-14H,1-11H2,(H2,18,21)(H,19,20). The van der Waals surface area contributed by atoms with E-state index < -0.39 is 5.54 Å². The average Bonchev–Trinajstić information content (AvgIpc) is 3.16. The van der Waals surface area contributed by atoms with Gasteiger partial charge in [-0.1, -0.05) is 57.2 Å². The summed E-state index contributed by atoms with van der Waals surface area (Å²) in [5, 5.41) is 3.31. The van der Waals surface area contributed by atoms with Crippen LogP contribution in [0.5, 0.6) is 0 Å². The van der Waals surface area contributed by atoms with Crippen molar-refractivity contribution >= 4 is 23.1 Å². The Balaban J connectivity index is 1.66. The van der Waals surface area contributed by atoms with Gasteiger partial charge >= 0.3 is 0 Å². The van der Waals surface area contributed by atoms with Crippen molar-refractivity contribution in [3.8, 4) is 0 Å². The molecule has 4 heteroatoms. The zero-order chi connectivity index (χ0) is 14.9. The molecular weight excluding hydrogens is 280 g/mol. The lowest BCUT2D eigenvalue weighted by atomic mass is 9.83. The third kappa shape index (κ3) is 3.10. The number of nitrogens with two attached hydrogens (primary N) is 1. The molecule has 3 N–H and O–H groups in total. The molecule has 3 fully saturated rings. The van der Waals surface area contributed by atoms with Gasteiger partial charge < -0.3 is 11.1 Å². The van der Waals surface area contributed by atoms with E-state index in [1.807, 2.05) is 0 Å². The van der Waals surface area contributed by atoms with Gasteiger partial charge in [-0.25, -0.2) is 0 Å². The van der Waals surface area contributed by atoms with Crippen LogP contribution in [0.4, 0.5) is 0 Å². The number of hydrogen-bond donors (Lipinski definition) is 2. The zero-order valence-electron chi connectivity index (χ0n) is 12.9. The number of carbonyl (C=O) groups is 1. The smallest absolute Gasteiger partial charge is 0.224 e. The number of amides is 1. The number of rotatable bonds is 3. The van der Waals surface area contributed by atoms with Gasteiger partial charge in [-0.2, -0.15) is 0 Å². The summed E-state index contributed by atoms with van der Waals surface area (Å²) >= 11 is 5.35. The molecule has 1 amide bonds. The van der Waals surface area contributed by atoms with Crippen LogP contribution in [0, 0.1) is 17.8 Å². The molecule has 0 aromatic carbocycles. The minimum absolute atomic E-state index is 0.236. The molecule has 0 aliphatic heterocycles. The molecule has 3 rings (SSSR count). The molecule has 3 nitrogen and oxygen atoms in total. The molecule has 0 heterocycles. The molecule has 0 radical (unpaired) electrons. The highest BCUT2D eigenvalue weighted by atomic mass is 32.1. The number of thiocarbonyl (C=S) groups is 1. The third-order valence-electron chi connectivity index (χ3n) is 6.00. The predicted molar refractivity (Wildman–Crippen MR) is 88.9 cm³/mol. The van der Waals surface area contributed by atoms with Gasteiger partial charge in [0.05, 0.1) is 10.5 Å². The van der Waals surface area contributed by atoms with Crippen LogP contribution in [0.2, 0.25) is 0 Å². The number of nitrogens with one attached hydrogen (secondary N) is 1. The second-order valence-corrected chi connectivity index (χ2v) is 7.78. The quantitative estimate of drug-likeness (QED) is 0.787. The Kier molecular flexibility index (Phi) is 4.53. The highest BCUT2D eigenvalue weighted by Gasteiger charge is 2.55. The molecule has 2 atom stereocenters. The van der Waals surface area contributed by atoms with Crippen molar-refractivity contribution in [3.05, 3.63) is 0 Å². The fourth-order valence-electron chi connectivity index (χ4n) is 4.64. The lowest BCUT2D eigenvalue weighted by Gasteiger charge is -2.35. The van der Waals surface area contributed by atoms with Gasteiger partial charge in [0.1, 0.15) is 0 Å². The maximum absolute atomic E-state index is 12.7. The van der Waals surface area contributed by atoms with Crippen LogP contribution < -0.4 is 11.1 Å². The minimum Gasteiger partial charge on any atom is -0.391 e. The molecule has 0 bridgehead atoms. The SMILES string of the molecule is NC(=S)C1(NC(=O)C2C3CCCCC32)CCCCCCC1. The van der Waals surface area contributed by atoms with Gasteiger partial charge in [0.25, 0.3) is 0 Å². The molecule has 21 heavy (non-hydrogen) atoms. The summed E-state index contributed by atoms with van der Waals surface area (Å²) in [7, 11) is 0. The molecule has 3 saturated carbocycles. The van der Waals surface area contributed by atoms with E-state index in [2.05, 4.69) is 5.32 Å². The fourth-order valence-corrected chi connectivity index (χ4v) is 4.90. The van der Waals surface area contributed by atoms with Crippen molar-refractivity contribution < 1.29 is 4.79 Å². The second kappa shape index (κ2) is 6.23. The summed E-state index contributed by atoms with van der Waals surface area (Å²) in [6.07, 6.45) is 12.9. The van der Waals surface area contributed by atoms with Crippen molar-refractivity contribution in [2.75, 3.05) is 0 Å². The predicted octanol–water partition coefficient (Wildman–Crippen LogP) is 3.31. The van der Waals surface area contributed by atoms with Gasteiger partial charge in [0.2, 0.25) is 5.91 Å². The van der Waals surface area contributed by atoms with Crippen LogP contribution in [0.3, 0.4) is 0 Å². The molecule has 0 spiro atoms. The van der Waals surface area contributed by atoms with E-state index >= 15 is 0 Å². The lowest BCUT2D eigenvalue weighted by Crippen LogP contribution is -2.57. The average molecular weight is 308 g/mol.